The van der Waals surface area contributed by atoms with Crippen molar-refractivity contribution in [2.24, 2.45) is 23.7 Å². The maximum atomic E-state index is 12.2. The first-order valence-electron chi connectivity index (χ1n) is 8.26. The normalized spacial score (nSPS) is 28.4. The molecule has 1 saturated heterocycles. The van der Waals surface area contributed by atoms with Gasteiger partial charge in [0.2, 0.25) is 21.8 Å². The van der Waals surface area contributed by atoms with Crippen LogP contribution in [0.25, 0.3) is 0 Å². The Morgan fingerprint density at radius 3 is 2.48 bits per heavy atom. The summed E-state index contributed by atoms with van der Waals surface area (Å²) in [6.07, 6.45) is 1.48. The van der Waals surface area contributed by atoms with Crippen LogP contribution in [-0.4, -0.2) is 45.1 Å². The molecular weight excluding hydrogens is 318 g/mol. The second-order valence-electron chi connectivity index (χ2n) is 7.00. The van der Waals surface area contributed by atoms with E-state index >= 15 is 0 Å². The van der Waals surface area contributed by atoms with Crippen molar-refractivity contribution in [2.45, 2.75) is 38.9 Å². The number of amides is 2. The summed E-state index contributed by atoms with van der Waals surface area (Å²) < 4.78 is 26.4. The van der Waals surface area contributed by atoms with Gasteiger partial charge in [-0.3, -0.25) is 14.3 Å². The smallest absolute Gasteiger partial charge is 0.238 e. The van der Waals surface area contributed by atoms with E-state index < -0.39 is 21.2 Å². The average molecular weight is 345 g/mol. The number of sulfonamides is 1. The largest absolute Gasteiger partial charge is 0.356 e. The molecule has 0 aromatic rings. The van der Waals surface area contributed by atoms with Gasteiger partial charge in [0.1, 0.15) is 0 Å². The molecule has 2 amide bonds. The monoisotopic (exact) mass is 345 g/mol. The van der Waals surface area contributed by atoms with E-state index in [2.05, 4.69) is 15.4 Å². The molecular formula is C15H27N3O4S. The number of hydrogen-bond acceptors (Lipinski definition) is 5. The van der Waals surface area contributed by atoms with E-state index in [-0.39, 0.29) is 23.7 Å². The fraction of sp³-hybridized carbons (Fsp3) is 0.867. The van der Waals surface area contributed by atoms with Gasteiger partial charge in [0.15, 0.2) is 0 Å². The molecule has 0 aromatic heterocycles. The van der Waals surface area contributed by atoms with Gasteiger partial charge in [-0.25, -0.2) is 8.42 Å². The van der Waals surface area contributed by atoms with E-state index in [0.29, 0.717) is 18.9 Å². The molecule has 2 rings (SSSR count). The standard InChI is InChI=1S/C15H27N3O4S/c1-9(2)14(19)18-23(21,22)13-6-12(13)10(3)15(20)17-8-11-4-5-16-7-11/h9-13,16H,4-8H2,1-3H3,(H,17,20)(H,18,19). The Morgan fingerprint density at radius 2 is 1.91 bits per heavy atom. The quantitative estimate of drug-likeness (QED) is 0.595. The fourth-order valence-corrected chi connectivity index (χ4v) is 4.73. The van der Waals surface area contributed by atoms with Crippen molar-refractivity contribution in [1.29, 1.82) is 0 Å². The predicted octanol–water partition coefficient (Wildman–Crippen LogP) is -0.161. The Bertz CT molecular complexity index is 555. The first-order chi connectivity index (χ1) is 10.7. The molecule has 1 heterocycles. The minimum Gasteiger partial charge on any atom is -0.356 e. The molecule has 0 radical (unpaired) electrons. The van der Waals surface area contributed by atoms with Gasteiger partial charge >= 0.3 is 0 Å². The summed E-state index contributed by atoms with van der Waals surface area (Å²) in [6, 6.07) is 0. The number of nitrogens with one attached hydrogen (secondary N) is 3. The molecule has 1 aliphatic carbocycles. The minimum absolute atomic E-state index is 0.102. The van der Waals surface area contributed by atoms with Crippen LogP contribution in [0.4, 0.5) is 0 Å². The summed E-state index contributed by atoms with van der Waals surface area (Å²) in [5, 5.41) is 5.52. The van der Waals surface area contributed by atoms with Crippen molar-refractivity contribution in [3.8, 4) is 0 Å². The highest BCUT2D eigenvalue weighted by molar-refractivity contribution is 7.91. The fourth-order valence-electron chi connectivity index (χ4n) is 2.90. The summed E-state index contributed by atoms with van der Waals surface area (Å²) in [4.78, 5) is 23.7. The third-order valence-corrected chi connectivity index (χ3v) is 6.55. The summed E-state index contributed by atoms with van der Waals surface area (Å²) in [7, 11) is -3.68. The lowest BCUT2D eigenvalue weighted by Crippen LogP contribution is -2.38. The summed E-state index contributed by atoms with van der Waals surface area (Å²) in [6.45, 7) is 7.56. The van der Waals surface area contributed by atoms with Gasteiger partial charge < -0.3 is 10.6 Å². The maximum absolute atomic E-state index is 12.2. The van der Waals surface area contributed by atoms with Crippen molar-refractivity contribution in [2.75, 3.05) is 19.6 Å². The summed E-state index contributed by atoms with van der Waals surface area (Å²) in [5.41, 5.74) is 0. The number of rotatable bonds is 7. The van der Waals surface area contributed by atoms with Crippen LogP contribution in [0, 0.1) is 23.7 Å². The molecule has 1 saturated carbocycles. The first-order valence-corrected chi connectivity index (χ1v) is 9.81. The molecule has 7 nitrogen and oxygen atoms in total. The molecule has 3 N–H and O–H groups in total. The minimum atomic E-state index is -3.68. The molecule has 4 unspecified atom stereocenters. The van der Waals surface area contributed by atoms with Crippen LogP contribution in [0.5, 0.6) is 0 Å². The Kier molecular flexibility index (Phi) is 5.67. The van der Waals surface area contributed by atoms with Crippen LogP contribution in [0.3, 0.4) is 0 Å². The molecule has 2 fully saturated rings. The molecule has 2 aliphatic rings. The second-order valence-corrected chi connectivity index (χ2v) is 8.90. The lowest BCUT2D eigenvalue weighted by Gasteiger charge is -2.15. The number of carbonyl (C=O) groups excluding carboxylic acids is 2. The van der Waals surface area contributed by atoms with Crippen LogP contribution in [0.15, 0.2) is 0 Å². The Labute approximate surface area is 138 Å². The highest BCUT2D eigenvalue weighted by Crippen LogP contribution is 2.42. The molecule has 132 valence electrons. The van der Waals surface area contributed by atoms with Crippen molar-refractivity contribution < 1.29 is 18.0 Å². The zero-order valence-electron chi connectivity index (χ0n) is 14.0. The topological polar surface area (TPSA) is 104 Å². The molecule has 8 heteroatoms. The molecule has 0 spiro atoms. The third kappa shape index (κ3) is 4.67. The van der Waals surface area contributed by atoms with Gasteiger partial charge in [-0.2, -0.15) is 0 Å². The van der Waals surface area contributed by atoms with Crippen molar-refractivity contribution in [3.05, 3.63) is 0 Å². The van der Waals surface area contributed by atoms with Crippen LogP contribution in [-0.2, 0) is 19.6 Å². The third-order valence-electron chi connectivity index (χ3n) is 4.73. The highest BCUT2D eigenvalue weighted by atomic mass is 32.2. The van der Waals surface area contributed by atoms with Crippen LogP contribution in [0.1, 0.15) is 33.6 Å². The van der Waals surface area contributed by atoms with E-state index in [9.17, 15) is 18.0 Å². The Morgan fingerprint density at radius 1 is 1.22 bits per heavy atom. The highest BCUT2D eigenvalue weighted by Gasteiger charge is 2.52. The molecule has 1 aliphatic heterocycles. The summed E-state index contributed by atoms with van der Waals surface area (Å²) >= 11 is 0. The van der Waals surface area contributed by atoms with E-state index in [1.165, 1.54) is 0 Å². The van der Waals surface area contributed by atoms with Crippen LogP contribution < -0.4 is 15.4 Å². The zero-order chi connectivity index (χ0) is 17.2. The second kappa shape index (κ2) is 7.17. The van der Waals surface area contributed by atoms with Gasteiger partial charge in [0.05, 0.1) is 5.25 Å². The van der Waals surface area contributed by atoms with E-state index in [4.69, 9.17) is 0 Å². The Balaban J connectivity index is 1.81. The lowest BCUT2D eigenvalue weighted by molar-refractivity contribution is -0.125. The van der Waals surface area contributed by atoms with Crippen molar-refractivity contribution in [3.63, 3.8) is 0 Å². The number of carbonyl (C=O) groups is 2. The van der Waals surface area contributed by atoms with Gasteiger partial charge in [0.25, 0.3) is 0 Å². The van der Waals surface area contributed by atoms with Gasteiger partial charge in [-0.05, 0) is 37.8 Å². The zero-order valence-corrected chi connectivity index (χ0v) is 14.8. The van der Waals surface area contributed by atoms with E-state index in [1.54, 1.807) is 20.8 Å². The Hall–Kier alpha value is -1.15. The molecule has 23 heavy (non-hydrogen) atoms. The van der Waals surface area contributed by atoms with Gasteiger partial charge in [-0.1, -0.05) is 20.8 Å². The molecule has 0 aromatic carbocycles. The lowest BCUT2D eigenvalue weighted by atomic mass is 10.0. The molecule has 4 atom stereocenters. The first kappa shape index (κ1) is 18.2. The van der Waals surface area contributed by atoms with Crippen molar-refractivity contribution in [1.82, 2.24) is 15.4 Å². The van der Waals surface area contributed by atoms with Crippen molar-refractivity contribution >= 4 is 21.8 Å². The van der Waals surface area contributed by atoms with Gasteiger partial charge in [0, 0.05) is 18.4 Å². The average Bonchev–Trinajstić information content (AvgIpc) is 3.13. The maximum Gasteiger partial charge on any atom is 0.238 e. The SMILES string of the molecule is CC(C)C(=O)NS(=O)(=O)C1CC1C(C)C(=O)NCC1CCNC1. The van der Waals surface area contributed by atoms with E-state index in [1.807, 2.05) is 0 Å². The van der Waals surface area contributed by atoms with Crippen LogP contribution >= 0.6 is 0 Å². The molecule has 0 bridgehead atoms. The summed E-state index contributed by atoms with van der Waals surface area (Å²) in [5.74, 6) is -1.11. The predicted molar refractivity (Wildman–Crippen MR) is 86.9 cm³/mol. The van der Waals surface area contributed by atoms with Gasteiger partial charge in [-0.15, -0.1) is 0 Å². The van der Waals surface area contributed by atoms with Crippen LogP contribution in [0.2, 0.25) is 0 Å². The number of hydrogen-bond donors (Lipinski definition) is 3. The van der Waals surface area contributed by atoms with E-state index in [0.717, 1.165) is 19.5 Å².